The first-order valence-corrected chi connectivity index (χ1v) is 1.49. The first kappa shape index (κ1) is 16.0. The van der Waals surface area contributed by atoms with Gasteiger partial charge in [-0.15, -0.1) is 0 Å². The van der Waals surface area contributed by atoms with E-state index >= 15 is 0 Å². The summed E-state index contributed by atoms with van der Waals surface area (Å²) in [5.74, 6) is 0. The molecule has 0 aliphatic rings. The molecule has 0 aromatic carbocycles. The molecule has 4 heteroatoms. The summed E-state index contributed by atoms with van der Waals surface area (Å²) in [6.07, 6.45) is 0. The molecule has 0 unspecified atom stereocenters. The van der Waals surface area contributed by atoms with Crippen LogP contribution in [0.4, 0.5) is 0 Å². The Morgan fingerprint density at radius 2 is 1.25 bits per heavy atom. The normalized spacial score (nSPS) is 0.750. The Balaban J connectivity index is -0.00000000500. The minimum absolute atomic E-state index is 0. The van der Waals surface area contributed by atoms with Crippen LogP contribution >= 0.6 is 0 Å². The average molecular weight is 314 g/mol. The van der Waals surface area contributed by atoms with Gasteiger partial charge < -0.3 is 5.48 Å². The maximum atomic E-state index is 8.39. The fourth-order valence-corrected chi connectivity index (χ4v) is 0. The molecule has 0 aromatic rings. The molecule has 4 heavy (non-hydrogen) atoms. The summed E-state index contributed by atoms with van der Waals surface area (Å²) in [4.78, 5) is 0. The van der Waals surface area contributed by atoms with Crippen LogP contribution in [0.5, 0.6) is 0 Å². The third kappa shape index (κ3) is 8.82. The molecule has 0 amide bonds. The average Bonchev–Trinajstić information content (AvgIpc) is 1.00. The Hall–Kier alpha value is 2.51. The molecular formula is H2Ce2O2. The summed E-state index contributed by atoms with van der Waals surface area (Å²) in [5, 5.41) is 0. The molecule has 0 atom stereocenters. The van der Waals surface area contributed by atoms with E-state index < -0.39 is 0 Å². The van der Waals surface area contributed by atoms with Crippen molar-refractivity contribution in [1.82, 2.24) is 0 Å². The summed E-state index contributed by atoms with van der Waals surface area (Å²) in [6.45, 7) is 0. The summed E-state index contributed by atoms with van der Waals surface area (Å²) >= 11 is 0.0556. The second-order valence-corrected chi connectivity index (χ2v) is 0. The van der Waals surface area contributed by atoms with Crippen LogP contribution in [-0.2, 0) is 0.938 Å². The van der Waals surface area contributed by atoms with Crippen LogP contribution in [-0.4, -0.2) is 5.48 Å². The van der Waals surface area contributed by atoms with Gasteiger partial charge in [-0.1, -0.05) is 0 Å². The summed E-state index contributed by atoms with van der Waals surface area (Å²) in [7, 11) is 0. The Morgan fingerprint density at radius 3 is 1.25 bits per heavy atom. The van der Waals surface area contributed by atoms with E-state index in [-0.39, 0.29) is 87.0 Å². The molecule has 0 aliphatic carbocycles. The van der Waals surface area contributed by atoms with Crippen molar-refractivity contribution in [3.8, 4) is 0 Å². The SMILES string of the molecule is O.[Ce].[O]=[Ce]. The quantitative estimate of drug-likeness (QED) is 0.569. The van der Waals surface area contributed by atoms with Crippen molar-refractivity contribution in [2.75, 3.05) is 0 Å². The van der Waals surface area contributed by atoms with E-state index in [1.807, 2.05) is 0 Å². The maximum absolute atomic E-state index is 8.39. The molecule has 22 valence electrons. The predicted molar refractivity (Wildman–Crippen MR) is 4.30 cm³/mol. The van der Waals surface area contributed by atoms with Crippen molar-refractivity contribution >= 4 is 0 Å². The summed E-state index contributed by atoms with van der Waals surface area (Å²) in [5.41, 5.74) is 0. The standard InChI is InChI=1S/2Ce.H2O.O/h;;1H2;. The minimum atomic E-state index is 0. The fraction of sp³-hybridized carbons (Fsp3) is 0. The van der Waals surface area contributed by atoms with Crippen molar-refractivity contribution in [2.45, 2.75) is 0 Å². The molecule has 0 saturated heterocycles. The van der Waals surface area contributed by atoms with Gasteiger partial charge in [0.1, 0.15) is 0 Å². The third-order valence-corrected chi connectivity index (χ3v) is 0. The zero-order chi connectivity index (χ0) is 2.00. The van der Waals surface area contributed by atoms with Gasteiger partial charge in [-0.05, 0) is 0 Å². The molecule has 0 aromatic heterocycles. The molecule has 0 radical (unpaired) electrons. The van der Waals surface area contributed by atoms with Gasteiger partial charge in [0.25, 0.3) is 0 Å². The van der Waals surface area contributed by atoms with Crippen LogP contribution in [0.25, 0.3) is 0 Å². The third-order valence-electron chi connectivity index (χ3n) is 0. The molecule has 0 spiro atoms. The van der Waals surface area contributed by atoms with Gasteiger partial charge in [-0.25, -0.2) is 0 Å². The second kappa shape index (κ2) is 17.8. The Kier molecular flexibility index (Phi) is 71.3. The van der Waals surface area contributed by atoms with Crippen molar-refractivity contribution < 1.29 is 87.9 Å². The Labute approximate surface area is 85.6 Å². The topological polar surface area (TPSA) is 48.6 Å². The van der Waals surface area contributed by atoms with E-state index in [9.17, 15) is 0 Å². The fourth-order valence-electron chi connectivity index (χ4n) is 0. The van der Waals surface area contributed by atoms with Crippen LogP contribution in [0.2, 0.25) is 0 Å². The van der Waals surface area contributed by atoms with Gasteiger partial charge in [-0.3, -0.25) is 0 Å². The van der Waals surface area contributed by atoms with Crippen LogP contribution in [0.15, 0.2) is 0 Å². The van der Waals surface area contributed by atoms with Gasteiger partial charge in [0.15, 0.2) is 0 Å². The first-order valence-electron chi connectivity index (χ1n) is 0.204. The molecule has 0 aliphatic heterocycles. The second-order valence-electron chi connectivity index (χ2n) is 0. The van der Waals surface area contributed by atoms with E-state index in [4.69, 9.17) is 0.938 Å². The summed E-state index contributed by atoms with van der Waals surface area (Å²) in [6, 6.07) is 0. The molecule has 0 heterocycles. The number of hydrogen-bond acceptors (Lipinski definition) is 1. The zero-order valence-corrected chi connectivity index (χ0v) is 8.19. The van der Waals surface area contributed by atoms with E-state index in [2.05, 4.69) is 0 Å². The van der Waals surface area contributed by atoms with E-state index in [1.54, 1.807) is 0 Å². The molecular weight excluding hydrogens is 312 g/mol. The van der Waals surface area contributed by atoms with Gasteiger partial charge in [-0.2, -0.15) is 0 Å². The van der Waals surface area contributed by atoms with E-state index in [0.717, 1.165) is 0 Å². The molecule has 2 nitrogen and oxygen atoms in total. The van der Waals surface area contributed by atoms with Crippen LogP contribution < -0.4 is 0 Å². The molecule has 0 fully saturated rings. The first-order chi connectivity index (χ1) is 1.00. The number of hydrogen-bond donors (Lipinski definition) is 0. The molecule has 0 rings (SSSR count). The van der Waals surface area contributed by atoms with Gasteiger partial charge in [0, 0.05) is 41.7 Å². The van der Waals surface area contributed by atoms with Crippen LogP contribution in [0.3, 0.4) is 0 Å². The van der Waals surface area contributed by atoms with Crippen molar-refractivity contribution in [1.29, 1.82) is 0 Å². The van der Waals surface area contributed by atoms with Gasteiger partial charge in [0.05, 0.1) is 0 Å². The van der Waals surface area contributed by atoms with Gasteiger partial charge >= 0.3 is 40.7 Å². The van der Waals surface area contributed by atoms with Crippen LogP contribution in [0, 0.1) is 81.5 Å². The van der Waals surface area contributed by atoms with E-state index in [1.165, 1.54) is 0 Å². The molecule has 0 saturated carbocycles. The molecule has 2 N–H and O–H groups in total. The van der Waals surface area contributed by atoms with Crippen molar-refractivity contribution in [2.24, 2.45) is 0 Å². The van der Waals surface area contributed by atoms with Crippen molar-refractivity contribution in [3.63, 3.8) is 0 Å². The Bertz CT molecular complexity index is 4.00. The van der Waals surface area contributed by atoms with E-state index in [0.29, 0.717) is 0 Å². The summed E-state index contributed by atoms with van der Waals surface area (Å²) < 4.78 is 8.39. The zero-order valence-electron chi connectivity index (χ0n) is 1.91. The van der Waals surface area contributed by atoms with Crippen molar-refractivity contribution in [3.05, 3.63) is 0 Å². The monoisotopic (exact) mass is 314 g/mol. The van der Waals surface area contributed by atoms with Gasteiger partial charge in [0.2, 0.25) is 0 Å². The predicted octanol–water partition coefficient (Wildman–Crippen LogP) is -0.944. The molecule has 0 bridgehead atoms. The Morgan fingerprint density at radius 1 is 1.25 bits per heavy atom. The van der Waals surface area contributed by atoms with Crippen LogP contribution in [0.1, 0.15) is 0 Å². The number of rotatable bonds is 0.